The third-order valence-electron chi connectivity index (χ3n) is 5.76. The van der Waals surface area contributed by atoms with Crippen molar-refractivity contribution >= 4 is 15.9 Å². The van der Waals surface area contributed by atoms with Crippen molar-refractivity contribution in [1.29, 1.82) is 0 Å². The number of benzene rings is 2. The second-order valence-electron chi connectivity index (χ2n) is 8.41. The lowest BCUT2D eigenvalue weighted by Crippen LogP contribution is -2.45. The predicted octanol–water partition coefficient (Wildman–Crippen LogP) is 4.03. The summed E-state index contributed by atoms with van der Waals surface area (Å²) in [7, 11) is -4.29. The number of sulfonamides is 1. The molecule has 37 heavy (non-hydrogen) atoms. The van der Waals surface area contributed by atoms with Crippen LogP contribution in [0.2, 0.25) is 0 Å². The van der Waals surface area contributed by atoms with Gasteiger partial charge in [0.05, 0.1) is 4.90 Å². The summed E-state index contributed by atoms with van der Waals surface area (Å²) in [5, 5.41) is 12.6. The summed E-state index contributed by atoms with van der Waals surface area (Å²) in [6.45, 7) is -0.735. The maximum atomic E-state index is 14.2. The smallest absolute Gasteiger partial charge is 0.433 e. The van der Waals surface area contributed by atoms with Crippen LogP contribution in [0.1, 0.15) is 17.7 Å². The van der Waals surface area contributed by atoms with Crippen molar-refractivity contribution in [2.45, 2.75) is 36.3 Å². The standard InChI is InChI=1S/C24H20F5N3O4S/c25-17-2-4-20(5-3-17)37(35,36)32-13-18(26)10-21(32)23(34)31-11-14-7-16(9-19(33)8-14)15-1-6-22(30-12-15)24(27,28)29/h1-9,12,18,21,33H,10-11,13H2,(H,31,34)/t18-,21+/m1/s1. The largest absolute Gasteiger partial charge is 0.508 e. The number of phenolic OH excluding ortho intramolecular Hbond substituents is 1. The number of carbonyl (C=O) groups excluding carboxylic acids is 1. The number of aromatic nitrogens is 1. The minimum absolute atomic E-state index is 0.188. The number of nitrogens with one attached hydrogen (secondary N) is 1. The van der Waals surface area contributed by atoms with E-state index in [4.69, 9.17) is 0 Å². The zero-order valence-electron chi connectivity index (χ0n) is 18.9. The van der Waals surface area contributed by atoms with E-state index in [9.17, 15) is 40.3 Å². The molecule has 1 fully saturated rings. The van der Waals surface area contributed by atoms with E-state index in [1.807, 2.05) is 0 Å². The maximum absolute atomic E-state index is 14.2. The van der Waals surface area contributed by atoms with Gasteiger partial charge in [0.2, 0.25) is 15.9 Å². The van der Waals surface area contributed by atoms with Gasteiger partial charge in [-0.15, -0.1) is 0 Å². The van der Waals surface area contributed by atoms with Crippen LogP contribution < -0.4 is 5.32 Å². The average molecular weight is 541 g/mol. The van der Waals surface area contributed by atoms with E-state index in [-0.39, 0.29) is 29.2 Å². The third-order valence-corrected chi connectivity index (χ3v) is 7.65. The highest BCUT2D eigenvalue weighted by atomic mass is 32.2. The molecule has 0 radical (unpaired) electrons. The quantitative estimate of drug-likeness (QED) is 0.459. The molecule has 2 heterocycles. The number of carbonyl (C=O) groups is 1. The first-order chi connectivity index (χ1) is 17.3. The molecular formula is C24H20F5N3O4S. The van der Waals surface area contributed by atoms with Crippen molar-refractivity contribution in [3.05, 3.63) is 77.9 Å². The van der Waals surface area contributed by atoms with Gasteiger partial charge in [0.15, 0.2) is 0 Å². The summed E-state index contributed by atoms with van der Waals surface area (Å²) >= 11 is 0. The van der Waals surface area contributed by atoms with Gasteiger partial charge in [-0.3, -0.25) is 9.78 Å². The molecule has 7 nitrogen and oxygen atoms in total. The molecule has 4 rings (SSSR count). The van der Waals surface area contributed by atoms with Crippen molar-refractivity contribution < 1.29 is 40.3 Å². The Morgan fingerprint density at radius 2 is 1.78 bits per heavy atom. The van der Waals surface area contributed by atoms with Crippen molar-refractivity contribution in [2.75, 3.05) is 6.54 Å². The van der Waals surface area contributed by atoms with Gasteiger partial charge < -0.3 is 10.4 Å². The van der Waals surface area contributed by atoms with E-state index in [0.717, 1.165) is 40.8 Å². The van der Waals surface area contributed by atoms with Gasteiger partial charge in [0.1, 0.15) is 29.5 Å². The van der Waals surface area contributed by atoms with Crippen LogP contribution in [-0.2, 0) is 27.5 Å². The SMILES string of the molecule is O=C(NCc1cc(O)cc(-c2ccc(C(F)(F)F)nc2)c1)[C@@H]1C[C@@H](F)CN1S(=O)(=O)c1ccc(F)cc1. The Morgan fingerprint density at radius 3 is 2.41 bits per heavy atom. The molecule has 0 bridgehead atoms. The van der Waals surface area contributed by atoms with Crippen LogP contribution in [0, 0.1) is 5.82 Å². The predicted molar refractivity (Wildman–Crippen MR) is 122 cm³/mol. The fourth-order valence-corrected chi connectivity index (χ4v) is 5.61. The third kappa shape index (κ3) is 5.88. The molecule has 0 saturated carbocycles. The molecule has 0 spiro atoms. The van der Waals surface area contributed by atoms with Crippen molar-refractivity contribution in [2.24, 2.45) is 0 Å². The van der Waals surface area contributed by atoms with Gasteiger partial charge in [-0.25, -0.2) is 17.2 Å². The fourth-order valence-electron chi connectivity index (χ4n) is 3.98. The molecular weight excluding hydrogens is 521 g/mol. The van der Waals surface area contributed by atoms with Gasteiger partial charge in [-0.1, -0.05) is 6.07 Å². The summed E-state index contributed by atoms with van der Waals surface area (Å²) in [6.07, 6.45) is -5.58. The Morgan fingerprint density at radius 1 is 1.08 bits per heavy atom. The first-order valence-corrected chi connectivity index (χ1v) is 12.3. The fraction of sp³-hybridized carbons (Fsp3) is 0.250. The van der Waals surface area contributed by atoms with E-state index < -0.39 is 52.4 Å². The Kier molecular flexibility index (Phi) is 7.20. The van der Waals surface area contributed by atoms with Crippen LogP contribution in [0.25, 0.3) is 11.1 Å². The molecule has 1 amide bonds. The lowest BCUT2D eigenvalue weighted by molar-refractivity contribution is -0.141. The summed E-state index contributed by atoms with van der Waals surface area (Å²) in [5.41, 5.74) is -0.113. The first kappa shape index (κ1) is 26.5. The number of aromatic hydroxyl groups is 1. The van der Waals surface area contributed by atoms with Crippen LogP contribution in [-0.4, -0.2) is 47.5 Å². The minimum atomic E-state index is -4.61. The highest BCUT2D eigenvalue weighted by molar-refractivity contribution is 7.89. The van der Waals surface area contributed by atoms with Gasteiger partial charge in [0.25, 0.3) is 0 Å². The molecule has 2 aromatic carbocycles. The van der Waals surface area contributed by atoms with Gasteiger partial charge >= 0.3 is 6.18 Å². The lowest BCUT2D eigenvalue weighted by Gasteiger charge is -2.23. The molecule has 2 N–H and O–H groups in total. The maximum Gasteiger partial charge on any atom is 0.433 e. The van der Waals surface area contributed by atoms with Gasteiger partial charge in [-0.05, 0) is 59.7 Å². The highest BCUT2D eigenvalue weighted by Gasteiger charge is 2.44. The summed E-state index contributed by atoms with van der Waals surface area (Å²) < 4.78 is 92.4. The molecule has 1 aliphatic heterocycles. The number of hydrogen-bond acceptors (Lipinski definition) is 5. The Labute approximate surface area is 208 Å². The number of pyridine rings is 1. The molecule has 1 saturated heterocycles. The highest BCUT2D eigenvalue weighted by Crippen LogP contribution is 2.31. The number of phenols is 1. The monoisotopic (exact) mass is 541 g/mol. The van der Waals surface area contributed by atoms with E-state index in [0.29, 0.717) is 11.1 Å². The Bertz CT molecular complexity index is 1400. The molecule has 3 aromatic rings. The Hall–Kier alpha value is -3.58. The normalized spacial score (nSPS) is 18.6. The molecule has 196 valence electrons. The summed E-state index contributed by atoms with van der Waals surface area (Å²) in [4.78, 5) is 16.0. The average Bonchev–Trinajstić information content (AvgIpc) is 3.25. The minimum Gasteiger partial charge on any atom is -0.508 e. The summed E-state index contributed by atoms with van der Waals surface area (Å²) in [6, 6.07) is 8.66. The second kappa shape index (κ2) is 10.1. The molecule has 0 unspecified atom stereocenters. The zero-order chi connectivity index (χ0) is 27.0. The first-order valence-electron chi connectivity index (χ1n) is 10.9. The van der Waals surface area contributed by atoms with Crippen molar-refractivity contribution in [1.82, 2.24) is 14.6 Å². The van der Waals surface area contributed by atoms with Crippen LogP contribution in [0.3, 0.4) is 0 Å². The number of nitrogens with zero attached hydrogens (tertiary/aromatic N) is 2. The van der Waals surface area contributed by atoms with Crippen molar-refractivity contribution in [3.8, 4) is 16.9 Å². The zero-order valence-corrected chi connectivity index (χ0v) is 19.7. The number of hydrogen-bond donors (Lipinski definition) is 2. The van der Waals surface area contributed by atoms with Crippen LogP contribution in [0.4, 0.5) is 22.0 Å². The second-order valence-corrected chi connectivity index (χ2v) is 10.3. The van der Waals surface area contributed by atoms with Gasteiger partial charge in [-0.2, -0.15) is 17.5 Å². The van der Waals surface area contributed by atoms with E-state index in [1.165, 1.54) is 24.3 Å². The Balaban J connectivity index is 1.50. The number of alkyl halides is 4. The van der Waals surface area contributed by atoms with E-state index >= 15 is 0 Å². The topological polar surface area (TPSA) is 99.6 Å². The summed E-state index contributed by atoms with van der Waals surface area (Å²) in [5.74, 6) is -1.67. The number of rotatable bonds is 6. The van der Waals surface area contributed by atoms with E-state index in [2.05, 4.69) is 10.3 Å². The number of amides is 1. The van der Waals surface area contributed by atoms with Crippen LogP contribution >= 0.6 is 0 Å². The number of halogens is 5. The molecule has 13 heteroatoms. The molecule has 1 aromatic heterocycles. The van der Waals surface area contributed by atoms with Gasteiger partial charge in [0, 0.05) is 31.3 Å². The molecule has 0 aliphatic carbocycles. The van der Waals surface area contributed by atoms with Crippen LogP contribution in [0.5, 0.6) is 5.75 Å². The van der Waals surface area contributed by atoms with Crippen molar-refractivity contribution in [3.63, 3.8) is 0 Å². The lowest BCUT2D eigenvalue weighted by atomic mass is 10.0. The van der Waals surface area contributed by atoms with E-state index in [1.54, 1.807) is 0 Å². The molecule has 1 aliphatic rings. The molecule has 2 atom stereocenters. The van der Waals surface area contributed by atoms with Crippen LogP contribution in [0.15, 0.2) is 65.7 Å².